The van der Waals surface area contributed by atoms with Crippen molar-refractivity contribution in [3.05, 3.63) is 59.4 Å². The number of nitrogens with one attached hydrogen (secondary N) is 1. The van der Waals surface area contributed by atoms with Crippen LogP contribution in [0.4, 0.5) is 5.69 Å². The van der Waals surface area contributed by atoms with Crippen LogP contribution in [-0.4, -0.2) is 20.7 Å². The van der Waals surface area contributed by atoms with E-state index < -0.39 is 0 Å². The minimum atomic E-state index is -0.183. The molecule has 0 bridgehead atoms. The van der Waals surface area contributed by atoms with E-state index in [9.17, 15) is 4.79 Å². The van der Waals surface area contributed by atoms with E-state index in [4.69, 9.17) is 0 Å². The highest BCUT2D eigenvalue weighted by Gasteiger charge is 2.07. The lowest BCUT2D eigenvalue weighted by Gasteiger charge is -2.02. The smallest absolute Gasteiger partial charge is 0.248 e. The van der Waals surface area contributed by atoms with Gasteiger partial charge >= 0.3 is 0 Å². The van der Waals surface area contributed by atoms with Crippen molar-refractivity contribution in [2.24, 2.45) is 7.05 Å². The fourth-order valence-electron chi connectivity index (χ4n) is 2.60. The second kappa shape index (κ2) is 6.66. The molecule has 0 saturated carbocycles. The predicted molar refractivity (Wildman–Crippen MR) is 96.7 cm³/mol. The highest BCUT2D eigenvalue weighted by atomic mass is 16.1. The summed E-state index contributed by atoms with van der Waals surface area (Å²) in [6.07, 6.45) is 5.98. The van der Waals surface area contributed by atoms with Gasteiger partial charge in [0.1, 0.15) is 0 Å². The van der Waals surface area contributed by atoms with Crippen molar-refractivity contribution in [3.8, 4) is 0 Å². The molecule has 122 valence electrons. The van der Waals surface area contributed by atoms with Crippen LogP contribution in [0.25, 0.3) is 17.1 Å². The molecule has 1 amide bonds. The Bertz CT molecular complexity index is 907. The summed E-state index contributed by atoms with van der Waals surface area (Å²) in [6.45, 7) is 4.04. The molecular weight excluding hydrogens is 300 g/mol. The number of hydrogen-bond acceptors (Lipinski definition) is 3. The van der Waals surface area contributed by atoms with E-state index in [0.717, 1.165) is 28.7 Å². The van der Waals surface area contributed by atoms with Crippen LogP contribution >= 0.6 is 0 Å². The monoisotopic (exact) mass is 320 g/mol. The Labute approximate surface area is 141 Å². The molecule has 1 N–H and O–H groups in total. The van der Waals surface area contributed by atoms with Gasteiger partial charge in [-0.25, -0.2) is 4.98 Å². The van der Waals surface area contributed by atoms with Gasteiger partial charge in [0.15, 0.2) is 5.65 Å². The maximum atomic E-state index is 12.1. The third-order valence-electron chi connectivity index (χ3n) is 3.95. The first-order chi connectivity index (χ1) is 11.6. The summed E-state index contributed by atoms with van der Waals surface area (Å²) in [4.78, 5) is 16.4. The average molecular weight is 320 g/mol. The number of aromatic nitrogens is 3. The van der Waals surface area contributed by atoms with Crippen LogP contribution < -0.4 is 5.32 Å². The lowest BCUT2D eigenvalue weighted by molar-refractivity contribution is -0.111. The van der Waals surface area contributed by atoms with E-state index in [1.807, 2.05) is 32.2 Å². The molecule has 0 spiro atoms. The molecule has 3 aromatic rings. The van der Waals surface area contributed by atoms with Gasteiger partial charge in [0.2, 0.25) is 5.91 Å². The fraction of sp³-hybridized carbons (Fsp3) is 0.211. The van der Waals surface area contributed by atoms with Crippen molar-refractivity contribution in [3.63, 3.8) is 0 Å². The number of aryl methyl sites for hydroxylation is 3. The molecule has 5 heteroatoms. The van der Waals surface area contributed by atoms with Crippen LogP contribution in [0.2, 0.25) is 0 Å². The number of rotatable bonds is 4. The predicted octanol–water partition coefficient (Wildman–Crippen LogP) is 3.49. The molecular formula is C19H20N4O. The van der Waals surface area contributed by atoms with Crippen LogP contribution in [-0.2, 0) is 18.3 Å². The third kappa shape index (κ3) is 3.35. The quantitative estimate of drug-likeness (QED) is 0.749. The third-order valence-corrected chi connectivity index (χ3v) is 3.95. The Hall–Kier alpha value is -2.95. The number of nitrogens with zero attached hydrogens (tertiary/aromatic N) is 3. The largest absolute Gasteiger partial charge is 0.321 e. The Kier molecular flexibility index (Phi) is 4.42. The summed E-state index contributed by atoms with van der Waals surface area (Å²) >= 11 is 0. The molecule has 0 fully saturated rings. The number of carbonyl (C=O) groups excluding carboxylic acids is 1. The van der Waals surface area contributed by atoms with Crippen molar-refractivity contribution in [2.45, 2.75) is 20.3 Å². The number of hydrogen-bond donors (Lipinski definition) is 1. The first-order valence-corrected chi connectivity index (χ1v) is 7.94. The maximum absolute atomic E-state index is 12.1. The second-order valence-corrected chi connectivity index (χ2v) is 5.72. The van der Waals surface area contributed by atoms with Crippen LogP contribution in [0.3, 0.4) is 0 Å². The summed E-state index contributed by atoms with van der Waals surface area (Å²) in [5, 5.41) is 8.11. The number of benzene rings is 1. The van der Waals surface area contributed by atoms with Gasteiger partial charge < -0.3 is 5.32 Å². The highest BCUT2D eigenvalue weighted by Crippen LogP contribution is 2.19. The van der Waals surface area contributed by atoms with Crippen LogP contribution in [0.1, 0.15) is 23.7 Å². The Morgan fingerprint density at radius 3 is 2.75 bits per heavy atom. The van der Waals surface area contributed by atoms with E-state index in [-0.39, 0.29) is 5.91 Å². The summed E-state index contributed by atoms with van der Waals surface area (Å²) < 4.78 is 1.73. The summed E-state index contributed by atoms with van der Waals surface area (Å²) in [5.41, 5.74) is 4.64. The Morgan fingerprint density at radius 1 is 1.29 bits per heavy atom. The number of pyridine rings is 1. The molecule has 0 unspecified atom stereocenters. The standard InChI is InChI=1S/C19H20N4O/c1-4-14-5-7-15(8-6-14)9-10-18(24)21-16-11-17-13(2)22-23(3)19(17)20-12-16/h5-12H,4H2,1-3H3,(H,21,24). The Morgan fingerprint density at radius 2 is 2.04 bits per heavy atom. The molecule has 0 saturated heterocycles. The van der Waals surface area contributed by atoms with Gasteiger partial charge in [-0.2, -0.15) is 5.10 Å². The summed E-state index contributed by atoms with van der Waals surface area (Å²) in [7, 11) is 1.85. The number of fused-ring (bicyclic) bond motifs is 1. The lowest BCUT2D eigenvalue weighted by atomic mass is 10.1. The van der Waals surface area contributed by atoms with E-state index >= 15 is 0 Å². The Balaban J connectivity index is 1.72. The zero-order valence-corrected chi connectivity index (χ0v) is 14.1. The first kappa shape index (κ1) is 15.9. The van der Waals surface area contributed by atoms with Crippen LogP contribution in [0.5, 0.6) is 0 Å². The summed E-state index contributed by atoms with van der Waals surface area (Å²) in [5.74, 6) is -0.183. The fourth-order valence-corrected chi connectivity index (χ4v) is 2.60. The molecule has 2 aromatic heterocycles. The lowest BCUT2D eigenvalue weighted by Crippen LogP contribution is -2.08. The zero-order chi connectivity index (χ0) is 17.1. The molecule has 1 aromatic carbocycles. The number of anilines is 1. The first-order valence-electron chi connectivity index (χ1n) is 7.94. The molecule has 0 aliphatic rings. The average Bonchev–Trinajstić information content (AvgIpc) is 2.87. The van der Waals surface area contributed by atoms with Crippen molar-refractivity contribution in [1.82, 2.24) is 14.8 Å². The van der Waals surface area contributed by atoms with Crippen molar-refractivity contribution in [2.75, 3.05) is 5.32 Å². The molecule has 24 heavy (non-hydrogen) atoms. The number of carbonyl (C=O) groups is 1. The topological polar surface area (TPSA) is 59.8 Å². The van der Waals surface area contributed by atoms with E-state index in [2.05, 4.69) is 34.5 Å². The van der Waals surface area contributed by atoms with Crippen molar-refractivity contribution >= 4 is 28.7 Å². The zero-order valence-electron chi connectivity index (χ0n) is 14.1. The van der Waals surface area contributed by atoms with Gasteiger partial charge in [0.25, 0.3) is 0 Å². The minimum absolute atomic E-state index is 0.183. The molecule has 2 heterocycles. The van der Waals surface area contributed by atoms with Crippen molar-refractivity contribution < 1.29 is 4.79 Å². The van der Waals surface area contributed by atoms with Gasteiger partial charge in [-0.05, 0) is 36.6 Å². The van der Waals surface area contributed by atoms with Crippen LogP contribution in [0, 0.1) is 6.92 Å². The van der Waals surface area contributed by atoms with Gasteiger partial charge in [-0.3, -0.25) is 9.48 Å². The minimum Gasteiger partial charge on any atom is -0.321 e. The van der Waals surface area contributed by atoms with E-state index in [1.54, 1.807) is 17.0 Å². The van der Waals surface area contributed by atoms with E-state index in [1.165, 1.54) is 11.6 Å². The SMILES string of the molecule is CCc1ccc(C=CC(=O)Nc2cnc3c(c2)c(C)nn3C)cc1. The highest BCUT2D eigenvalue weighted by molar-refractivity contribution is 6.02. The van der Waals surface area contributed by atoms with Gasteiger partial charge in [0.05, 0.1) is 17.6 Å². The summed E-state index contributed by atoms with van der Waals surface area (Å²) in [6, 6.07) is 10.1. The normalized spacial score (nSPS) is 11.3. The molecule has 0 aliphatic carbocycles. The molecule has 0 aliphatic heterocycles. The number of amides is 1. The van der Waals surface area contributed by atoms with Gasteiger partial charge in [0, 0.05) is 18.5 Å². The molecule has 3 rings (SSSR count). The maximum Gasteiger partial charge on any atom is 0.248 e. The molecule has 0 radical (unpaired) electrons. The second-order valence-electron chi connectivity index (χ2n) is 5.72. The van der Waals surface area contributed by atoms with Crippen molar-refractivity contribution in [1.29, 1.82) is 0 Å². The van der Waals surface area contributed by atoms with E-state index in [0.29, 0.717) is 5.69 Å². The van der Waals surface area contributed by atoms with Crippen LogP contribution in [0.15, 0.2) is 42.6 Å². The molecule has 0 atom stereocenters. The van der Waals surface area contributed by atoms with Gasteiger partial charge in [-0.1, -0.05) is 31.2 Å². The molecule has 5 nitrogen and oxygen atoms in total. The van der Waals surface area contributed by atoms with Gasteiger partial charge in [-0.15, -0.1) is 0 Å².